The van der Waals surface area contributed by atoms with Gasteiger partial charge in [0.2, 0.25) is 10.0 Å². The summed E-state index contributed by atoms with van der Waals surface area (Å²) in [6.07, 6.45) is 0.209. The molecule has 0 amide bonds. The zero-order valence-corrected chi connectivity index (χ0v) is 20.4. The van der Waals surface area contributed by atoms with E-state index in [1.807, 2.05) is 14.7 Å². The average Bonchev–Trinajstić information content (AvgIpc) is 2.68. The van der Waals surface area contributed by atoms with E-state index in [-0.39, 0.29) is 18.6 Å². The molecule has 0 atom stereocenters. The molecule has 0 rings (SSSR count). The summed E-state index contributed by atoms with van der Waals surface area (Å²) in [6.45, 7) is 0. The van der Waals surface area contributed by atoms with Gasteiger partial charge in [-0.1, -0.05) is 32.1 Å². The Labute approximate surface area is 194 Å². The largest absolute Gasteiger partial charge is 0.294 e. The Morgan fingerprint density at radius 2 is 0.824 bits per heavy atom. The molecule has 0 fully saturated rings. The maximum absolute atomic E-state index is 12.4. The van der Waals surface area contributed by atoms with Crippen molar-refractivity contribution >= 4 is 40.1 Å². The molecule has 0 aromatic carbocycles. The zero-order valence-electron chi connectivity index (χ0n) is 17.1. The first kappa shape index (κ1) is 31.0. The van der Waals surface area contributed by atoms with Gasteiger partial charge in [0.15, 0.2) is 0 Å². The molecule has 0 N–H and O–H groups in total. The van der Waals surface area contributed by atoms with E-state index in [1.165, 1.54) is 0 Å². The van der Waals surface area contributed by atoms with Crippen LogP contribution in [0.4, 0.5) is 0 Å². The smallest absolute Gasteiger partial charge is 0.221 e. The van der Waals surface area contributed by atoms with Crippen molar-refractivity contribution in [2.24, 2.45) is 18.1 Å². The molecule has 24 heteroatoms. The fraction of sp³-hybridized carbons (Fsp3) is 1.00. The van der Waals surface area contributed by atoms with E-state index in [0.29, 0.717) is 25.7 Å². The van der Waals surface area contributed by atoms with Crippen molar-refractivity contribution in [1.29, 1.82) is 0 Å². The summed E-state index contributed by atoms with van der Waals surface area (Å²) in [5.74, 6) is -0.356. The van der Waals surface area contributed by atoms with Gasteiger partial charge in [0.05, 0.1) is 5.75 Å². The maximum Gasteiger partial charge on any atom is 0.294 e. The molecule has 0 aromatic rings. The lowest BCUT2D eigenvalue weighted by atomic mass is 10.1. The minimum atomic E-state index is -5.81. The lowest BCUT2D eigenvalue weighted by Crippen LogP contribution is -2.50. The van der Waals surface area contributed by atoms with E-state index in [4.69, 9.17) is 22.1 Å². The number of hydrogen-bond donors (Lipinski definition) is 0. The van der Waals surface area contributed by atoms with Crippen LogP contribution < -0.4 is 0 Å². The standard InChI is InChI=1S/C10H18N12O8S4/c11-15-19-31(23,24)9-7-5-3-1-2-4-6-8-10(32(25,26)20-16-12,33(27,28)21-17-13)34(29,30)22-18-14/h1-9H2. The van der Waals surface area contributed by atoms with Gasteiger partial charge in [-0.05, 0) is 41.4 Å². The van der Waals surface area contributed by atoms with Crippen LogP contribution in [0.2, 0.25) is 0 Å². The highest BCUT2D eigenvalue weighted by Crippen LogP contribution is 2.40. The van der Waals surface area contributed by atoms with E-state index >= 15 is 0 Å². The van der Waals surface area contributed by atoms with Crippen LogP contribution in [0.5, 0.6) is 0 Å². The minimum absolute atomic E-state index is 0.0438. The summed E-state index contributed by atoms with van der Waals surface area (Å²) in [6, 6.07) is 0. The van der Waals surface area contributed by atoms with Gasteiger partial charge >= 0.3 is 0 Å². The number of rotatable bonds is 17. The third-order valence-electron chi connectivity index (χ3n) is 4.16. The fourth-order valence-electron chi connectivity index (χ4n) is 2.72. The Morgan fingerprint density at radius 3 is 1.18 bits per heavy atom. The van der Waals surface area contributed by atoms with Gasteiger partial charge in [-0.25, -0.2) is 33.7 Å². The van der Waals surface area contributed by atoms with Gasteiger partial charge in [-0.2, -0.15) is 0 Å². The van der Waals surface area contributed by atoms with Crippen LogP contribution in [-0.2, 0) is 40.1 Å². The molecule has 0 aliphatic heterocycles. The van der Waals surface area contributed by atoms with Gasteiger partial charge < -0.3 is 0 Å². The van der Waals surface area contributed by atoms with Crippen LogP contribution in [0.1, 0.15) is 51.4 Å². The number of hydrogen-bond acceptors (Lipinski definition) is 8. The van der Waals surface area contributed by atoms with E-state index < -0.39 is 56.3 Å². The molecule has 190 valence electrons. The fourth-order valence-corrected chi connectivity index (χ4v) is 9.15. The molecule has 0 spiro atoms. The summed E-state index contributed by atoms with van der Waals surface area (Å²) in [7, 11) is -21.3. The Kier molecular flexibility index (Phi) is 11.9. The number of nitrogens with zero attached hydrogens (tertiary/aromatic N) is 12. The quantitative estimate of drug-likeness (QED) is 0.109. The monoisotopic (exact) mass is 562 g/mol. The van der Waals surface area contributed by atoms with E-state index in [9.17, 15) is 33.7 Å². The topological polar surface area (TPSA) is 332 Å². The summed E-state index contributed by atoms with van der Waals surface area (Å²) in [5, 5.41) is 0. The lowest BCUT2D eigenvalue weighted by Gasteiger charge is -2.26. The molecule has 0 aliphatic rings. The van der Waals surface area contributed by atoms with Gasteiger partial charge in [0.25, 0.3) is 33.5 Å². The predicted octanol–water partition coefficient (Wildman–Crippen LogP) is 3.32. The predicted molar refractivity (Wildman–Crippen MR) is 117 cm³/mol. The second-order valence-electron chi connectivity index (χ2n) is 6.30. The van der Waals surface area contributed by atoms with Crippen molar-refractivity contribution in [3.05, 3.63) is 41.8 Å². The van der Waals surface area contributed by atoms with Crippen LogP contribution in [0.3, 0.4) is 0 Å². The highest BCUT2D eigenvalue weighted by atomic mass is 32.3. The first-order valence-corrected chi connectivity index (χ1v) is 14.8. The molecule has 34 heavy (non-hydrogen) atoms. The van der Waals surface area contributed by atoms with E-state index in [2.05, 4.69) is 23.0 Å². The van der Waals surface area contributed by atoms with Gasteiger partial charge in [-0.15, -0.1) is 0 Å². The second-order valence-corrected chi connectivity index (χ2v) is 14.2. The van der Waals surface area contributed by atoms with Gasteiger partial charge in [0, 0.05) is 37.7 Å². The normalized spacial score (nSPS) is 13.8. The molecule has 0 unspecified atom stereocenters. The highest BCUT2D eigenvalue weighted by Gasteiger charge is 2.64. The van der Waals surface area contributed by atoms with E-state index in [1.54, 1.807) is 0 Å². The maximum atomic E-state index is 12.4. The Balaban J connectivity index is 5.59. The van der Waals surface area contributed by atoms with Crippen molar-refractivity contribution in [2.75, 3.05) is 5.75 Å². The van der Waals surface area contributed by atoms with Crippen LogP contribution >= 0.6 is 0 Å². The van der Waals surface area contributed by atoms with E-state index in [0.717, 1.165) is 0 Å². The van der Waals surface area contributed by atoms with Gasteiger partial charge in [0.1, 0.15) is 0 Å². The molecule has 0 saturated carbocycles. The van der Waals surface area contributed by atoms with Crippen molar-refractivity contribution in [3.8, 4) is 0 Å². The first-order valence-electron chi connectivity index (χ1n) is 8.92. The molecule has 0 aliphatic carbocycles. The number of sulfonamides is 4. The number of unbranched alkanes of at least 4 members (excludes halogenated alkanes) is 6. The lowest BCUT2D eigenvalue weighted by molar-refractivity contribution is 0.522. The minimum Gasteiger partial charge on any atom is -0.221 e. The van der Waals surface area contributed by atoms with Crippen molar-refractivity contribution in [2.45, 2.75) is 54.8 Å². The molecule has 0 radical (unpaired) electrons. The second kappa shape index (κ2) is 13.1. The third-order valence-corrected chi connectivity index (χ3v) is 12.9. The third kappa shape index (κ3) is 7.82. The van der Waals surface area contributed by atoms with Crippen LogP contribution in [-0.4, -0.2) is 42.8 Å². The molecular formula is C10H18N12O8S4. The van der Waals surface area contributed by atoms with Crippen LogP contribution in [0, 0.1) is 0 Å². The molecule has 0 aromatic heterocycles. The summed E-state index contributed by atoms with van der Waals surface area (Å²) >= 11 is 0. The Hall–Kier alpha value is -2.96. The molecule has 0 heterocycles. The average molecular weight is 563 g/mol. The highest BCUT2D eigenvalue weighted by molar-refractivity contribution is 8.24. The molecular weight excluding hydrogens is 544 g/mol. The van der Waals surface area contributed by atoms with Crippen molar-refractivity contribution in [3.63, 3.8) is 0 Å². The molecule has 20 nitrogen and oxygen atoms in total. The molecule has 0 saturated heterocycles. The Morgan fingerprint density at radius 1 is 0.500 bits per heavy atom. The summed E-state index contributed by atoms with van der Waals surface area (Å²) < 4.78 is 102. The van der Waals surface area contributed by atoms with Crippen LogP contribution in [0.15, 0.2) is 18.1 Å². The zero-order chi connectivity index (χ0) is 26.5. The molecule has 0 bridgehead atoms. The van der Waals surface area contributed by atoms with Crippen LogP contribution in [0.25, 0.3) is 41.8 Å². The van der Waals surface area contributed by atoms with Crippen molar-refractivity contribution < 1.29 is 33.7 Å². The number of azide groups is 4. The first-order chi connectivity index (χ1) is 15.7. The SMILES string of the molecule is [N-]=[N+]=NS(=O)(=O)CCCCCCCCCC(S(=O)(=O)N=[N+]=[N-])(S(=O)(=O)N=[N+]=[N-])S(=O)(=O)N=[N+]=[N-]. The summed E-state index contributed by atoms with van der Waals surface area (Å²) in [4.78, 5) is 7.91. The summed E-state index contributed by atoms with van der Waals surface area (Å²) in [5.41, 5.74) is 33.5. The van der Waals surface area contributed by atoms with Gasteiger partial charge in [-0.3, -0.25) is 0 Å². The Bertz CT molecular complexity index is 1240. The van der Waals surface area contributed by atoms with Crippen molar-refractivity contribution in [1.82, 2.24) is 0 Å².